The second kappa shape index (κ2) is 10.8. The Kier molecular flexibility index (Phi) is 8.05. The fourth-order valence-electron chi connectivity index (χ4n) is 2.26. The summed E-state index contributed by atoms with van der Waals surface area (Å²) in [5.74, 6) is 0.136. The largest absolute Gasteiger partial charge is 0.493 e. The van der Waals surface area contributed by atoms with Crippen LogP contribution < -0.4 is 10.1 Å². The third-order valence-corrected chi connectivity index (χ3v) is 3.59. The van der Waals surface area contributed by atoms with Crippen LogP contribution in [0, 0.1) is 10.1 Å². The predicted molar refractivity (Wildman–Crippen MR) is 100 cm³/mol. The lowest BCUT2D eigenvalue weighted by Crippen LogP contribution is -2.12. The molecule has 0 aromatic heterocycles. The van der Waals surface area contributed by atoms with Crippen molar-refractivity contribution in [2.75, 3.05) is 38.8 Å². The molecule has 0 saturated carbocycles. The number of carbonyl (C=O) groups excluding carboxylic acids is 1. The Morgan fingerprint density at radius 3 is 2.59 bits per heavy atom. The molecule has 0 bridgehead atoms. The third-order valence-electron chi connectivity index (χ3n) is 3.59. The summed E-state index contributed by atoms with van der Waals surface area (Å²) in [5, 5.41) is 14.1. The number of para-hydroxylation sites is 1. The van der Waals surface area contributed by atoms with Gasteiger partial charge in [-0.1, -0.05) is 18.2 Å². The minimum atomic E-state index is -0.610. The van der Waals surface area contributed by atoms with Gasteiger partial charge in [0.15, 0.2) is 0 Å². The number of esters is 1. The molecule has 0 saturated heterocycles. The number of nitrogens with zero attached hydrogens (tertiary/aromatic N) is 1. The Hall–Kier alpha value is -3.13. The van der Waals surface area contributed by atoms with E-state index in [-0.39, 0.29) is 17.9 Å². The maximum absolute atomic E-state index is 12.1. The van der Waals surface area contributed by atoms with Gasteiger partial charge >= 0.3 is 5.97 Å². The minimum absolute atomic E-state index is 0.128. The van der Waals surface area contributed by atoms with E-state index in [1.807, 2.05) is 30.3 Å². The summed E-state index contributed by atoms with van der Waals surface area (Å²) in [6.45, 7) is 1.39. The zero-order valence-electron chi connectivity index (χ0n) is 15.1. The molecule has 0 aliphatic rings. The van der Waals surface area contributed by atoms with Gasteiger partial charge in [0.05, 0.1) is 30.3 Å². The monoisotopic (exact) mass is 374 g/mol. The third kappa shape index (κ3) is 6.59. The van der Waals surface area contributed by atoms with Crippen LogP contribution in [0.2, 0.25) is 0 Å². The van der Waals surface area contributed by atoms with E-state index in [0.29, 0.717) is 31.9 Å². The summed E-state index contributed by atoms with van der Waals surface area (Å²) in [6.07, 6.45) is 0.513. The second-order valence-electron chi connectivity index (χ2n) is 5.56. The fraction of sp³-hybridized carbons (Fsp3) is 0.316. The smallest absolute Gasteiger partial charge is 0.338 e. The number of hydrogen-bond donors (Lipinski definition) is 1. The lowest BCUT2D eigenvalue weighted by molar-refractivity contribution is -0.384. The number of rotatable bonds is 11. The predicted octanol–water partition coefficient (Wildman–Crippen LogP) is 3.28. The van der Waals surface area contributed by atoms with E-state index in [1.54, 1.807) is 7.11 Å². The molecule has 1 N–H and O–H groups in total. The van der Waals surface area contributed by atoms with Crippen LogP contribution in [0.3, 0.4) is 0 Å². The van der Waals surface area contributed by atoms with Crippen LogP contribution in [-0.2, 0) is 9.47 Å². The maximum Gasteiger partial charge on any atom is 0.338 e. The van der Waals surface area contributed by atoms with E-state index in [9.17, 15) is 14.9 Å². The number of methoxy groups -OCH3 is 1. The number of ether oxygens (including phenoxy) is 3. The van der Waals surface area contributed by atoms with Gasteiger partial charge in [-0.15, -0.1) is 0 Å². The number of nitro groups is 1. The molecule has 0 radical (unpaired) electrons. The molecule has 2 rings (SSSR count). The summed E-state index contributed by atoms with van der Waals surface area (Å²) in [5.41, 5.74) is 0.265. The highest BCUT2D eigenvalue weighted by Crippen LogP contribution is 2.25. The molecule has 144 valence electrons. The van der Waals surface area contributed by atoms with Gasteiger partial charge in [0, 0.05) is 26.1 Å². The van der Waals surface area contributed by atoms with Gasteiger partial charge in [-0.3, -0.25) is 10.1 Å². The molecule has 8 heteroatoms. The number of nitro benzene ring substituents is 1. The van der Waals surface area contributed by atoms with Gasteiger partial charge in [-0.05, 0) is 24.3 Å². The average Bonchev–Trinajstić information content (AvgIpc) is 2.68. The highest BCUT2D eigenvalue weighted by Gasteiger charge is 2.18. The molecule has 8 nitrogen and oxygen atoms in total. The lowest BCUT2D eigenvalue weighted by atomic mass is 10.1. The normalized spacial score (nSPS) is 10.3. The van der Waals surface area contributed by atoms with Crippen LogP contribution in [0.4, 0.5) is 11.4 Å². The van der Waals surface area contributed by atoms with Crippen molar-refractivity contribution in [3.63, 3.8) is 0 Å². The van der Waals surface area contributed by atoms with Crippen molar-refractivity contribution in [3.8, 4) is 5.75 Å². The van der Waals surface area contributed by atoms with Crippen LogP contribution in [0.5, 0.6) is 5.75 Å². The molecular weight excluding hydrogens is 352 g/mol. The Bertz CT molecular complexity index is 751. The van der Waals surface area contributed by atoms with Crippen LogP contribution in [0.1, 0.15) is 16.8 Å². The summed E-state index contributed by atoms with van der Waals surface area (Å²) in [4.78, 5) is 22.8. The number of nitrogens with one attached hydrogen (secondary N) is 1. The molecule has 0 amide bonds. The van der Waals surface area contributed by atoms with E-state index in [4.69, 9.17) is 14.2 Å². The van der Waals surface area contributed by atoms with Crippen LogP contribution >= 0.6 is 0 Å². The van der Waals surface area contributed by atoms with Crippen molar-refractivity contribution in [1.82, 2.24) is 0 Å². The molecule has 2 aromatic carbocycles. The van der Waals surface area contributed by atoms with E-state index < -0.39 is 10.9 Å². The van der Waals surface area contributed by atoms with Crippen molar-refractivity contribution in [1.29, 1.82) is 0 Å². The van der Waals surface area contributed by atoms with Gasteiger partial charge in [0.2, 0.25) is 0 Å². The first-order valence-electron chi connectivity index (χ1n) is 8.48. The van der Waals surface area contributed by atoms with Crippen LogP contribution in [-0.4, -0.2) is 44.4 Å². The van der Waals surface area contributed by atoms with Crippen molar-refractivity contribution in [2.45, 2.75) is 6.42 Å². The maximum atomic E-state index is 12.1. The van der Waals surface area contributed by atoms with E-state index in [2.05, 4.69) is 5.32 Å². The number of hydrogen-bond acceptors (Lipinski definition) is 7. The molecular formula is C19H22N2O6. The summed E-state index contributed by atoms with van der Waals surface area (Å²) >= 11 is 0. The summed E-state index contributed by atoms with van der Waals surface area (Å²) < 4.78 is 15.6. The summed E-state index contributed by atoms with van der Waals surface area (Å²) in [7, 11) is 1.54. The topological polar surface area (TPSA) is 99.9 Å². The van der Waals surface area contributed by atoms with Gasteiger partial charge < -0.3 is 19.5 Å². The lowest BCUT2D eigenvalue weighted by Gasteiger charge is -2.09. The van der Waals surface area contributed by atoms with Crippen molar-refractivity contribution in [2.24, 2.45) is 0 Å². The van der Waals surface area contributed by atoms with E-state index in [0.717, 1.165) is 5.75 Å². The Balaban J connectivity index is 1.84. The standard InChI is InChI=1S/C19H22N2O6/c1-25-13-10-20-17-9-8-15(14-18(17)21(23)24)19(22)27-12-5-11-26-16-6-3-2-4-7-16/h2-4,6-9,14,20H,5,10-13H2,1H3. The molecule has 0 spiro atoms. The number of benzene rings is 2. The molecule has 0 unspecified atom stereocenters. The molecule has 0 aliphatic carbocycles. The average molecular weight is 374 g/mol. The Labute approximate surface area is 157 Å². The van der Waals surface area contributed by atoms with Crippen molar-refractivity contribution >= 4 is 17.3 Å². The Morgan fingerprint density at radius 2 is 1.89 bits per heavy atom. The van der Waals surface area contributed by atoms with E-state index >= 15 is 0 Å². The van der Waals surface area contributed by atoms with Crippen molar-refractivity contribution < 1.29 is 23.9 Å². The summed E-state index contributed by atoms with van der Waals surface area (Å²) in [6, 6.07) is 13.5. The number of carbonyl (C=O) groups is 1. The van der Waals surface area contributed by atoms with Crippen LogP contribution in [0.15, 0.2) is 48.5 Å². The first-order valence-corrected chi connectivity index (χ1v) is 8.48. The minimum Gasteiger partial charge on any atom is -0.493 e. The highest BCUT2D eigenvalue weighted by atomic mass is 16.6. The molecule has 0 aliphatic heterocycles. The zero-order valence-corrected chi connectivity index (χ0v) is 15.1. The van der Waals surface area contributed by atoms with Crippen molar-refractivity contribution in [3.05, 3.63) is 64.2 Å². The van der Waals surface area contributed by atoms with E-state index in [1.165, 1.54) is 18.2 Å². The molecule has 0 heterocycles. The fourth-order valence-corrected chi connectivity index (χ4v) is 2.26. The SMILES string of the molecule is COCCNc1ccc(C(=O)OCCCOc2ccccc2)cc1[N+](=O)[O-]. The Morgan fingerprint density at radius 1 is 1.11 bits per heavy atom. The zero-order chi connectivity index (χ0) is 19.5. The van der Waals surface area contributed by atoms with Gasteiger partial charge in [0.25, 0.3) is 5.69 Å². The van der Waals surface area contributed by atoms with Gasteiger partial charge in [0.1, 0.15) is 11.4 Å². The molecule has 0 atom stereocenters. The second-order valence-corrected chi connectivity index (χ2v) is 5.56. The highest BCUT2D eigenvalue weighted by molar-refractivity contribution is 5.91. The van der Waals surface area contributed by atoms with Gasteiger partial charge in [-0.2, -0.15) is 0 Å². The first-order chi connectivity index (χ1) is 13.1. The van der Waals surface area contributed by atoms with Crippen LogP contribution in [0.25, 0.3) is 0 Å². The quantitative estimate of drug-likeness (QED) is 0.279. The molecule has 2 aromatic rings. The number of anilines is 1. The molecule has 27 heavy (non-hydrogen) atoms. The molecule has 0 fully saturated rings. The van der Waals surface area contributed by atoms with Gasteiger partial charge in [-0.25, -0.2) is 4.79 Å². The first kappa shape index (κ1) is 20.2.